The standard InChI is InChI=1S/C22H27FN2O4/c1-16-13-25(19-7-3-17(4-8-19)22(27)28-2)12-11-24(16)14-20(26)15-29-21-9-5-18(23)6-10-21/h3-10,16,20,26H,11-15H2,1-2H3. The van der Waals surface area contributed by atoms with Gasteiger partial charge in [-0.2, -0.15) is 0 Å². The molecule has 1 N–H and O–H groups in total. The van der Waals surface area contributed by atoms with Crippen LogP contribution in [-0.4, -0.2) is 68.0 Å². The molecule has 3 rings (SSSR count). The Morgan fingerprint density at radius 2 is 1.86 bits per heavy atom. The first-order valence-corrected chi connectivity index (χ1v) is 9.70. The first-order chi connectivity index (χ1) is 14.0. The number of aliphatic hydroxyl groups is 1. The van der Waals surface area contributed by atoms with Crippen molar-refractivity contribution in [1.29, 1.82) is 0 Å². The fraction of sp³-hybridized carbons (Fsp3) is 0.409. The van der Waals surface area contributed by atoms with E-state index in [0.717, 1.165) is 25.3 Å². The number of piperazine rings is 1. The van der Waals surface area contributed by atoms with Gasteiger partial charge in [-0.15, -0.1) is 0 Å². The molecule has 156 valence electrons. The minimum absolute atomic E-state index is 0.160. The molecule has 2 aromatic rings. The number of nitrogens with zero attached hydrogens (tertiary/aromatic N) is 2. The van der Waals surface area contributed by atoms with E-state index < -0.39 is 6.10 Å². The molecule has 0 aliphatic carbocycles. The van der Waals surface area contributed by atoms with Gasteiger partial charge < -0.3 is 19.5 Å². The largest absolute Gasteiger partial charge is 0.491 e. The molecule has 1 saturated heterocycles. The zero-order chi connectivity index (χ0) is 20.8. The van der Waals surface area contributed by atoms with Gasteiger partial charge in [-0.05, 0) is 55.5 Å². The third-order valence-electron chi connectivity index (χ3n) is 5.12. The SMILES string of the molecule is COC(=O)c1ccc(N2CCN(CC(O)COc3ccc(F)cc3)C(C)C2)cc1. The molecule has 1 fully saturated rings. The lowest BCUT2D eigenvalue weighted by atomic mass is 10.1. The number of carbonyl (C=O) groups excluding carboxylic acids is 1. The quantitative estimate of drug-likeness (QED) is 0.719. The second-order valence-corrected chi connectivity index (χ2v) is 7.25. The number of benzene rings is 2. The van der Waals surface area contributed by atoms with Gasteiger partial charge in [-0.3, -0.25) is 4.90 Å². The molecule has 1 aliphatic rings. The maximum atomic E-state index is 12.9. The van der Waals surface area contributed by atoms with Gasteiger partial charge in [0.15, 0.2) is 0 Å². The fourth-order valence-corrected chi connectivity index (χ4v) is 3.47. The second kappa shape index (κ2) is 9.71. The predicted octanol–water partition coefficient (Wildman–Crippen LogP) is 2.56. The molecule has 0 radical (unpaired) electrons. The van der Waals surface area contributed by atoms with Gasteiger partial charge in [0.1, 0.15) is 24.3 Å². The second-order valence-electron chi connectivity index (χ2n) is 7.25. The van der Waals surface area contributed by atoms with Crippen LogP contribution in [-0.2, 0) is 4.74 Å². The number of esters is 1. The zero-order valence-electron chi connectivity index (χ0n) is 16.8. The van der Waals surface area contributed by atoms with Gasteiger partial charge in [-0.25, -0.2) is 9.18 Å². The molecule has 7 heteroatoms. The summed E-state index contributed by atoms with van der Waals surface area (Å²) in [7, 11) is 1.37. The highest BCUT2D eigenvalue weighted by atomic mass is 19.1. The maximum absolute atomic E-state index is 12.9. The lowest BCUT2D eigenvalue weighted by molar-refractivity contribution is 0.0512. The van der Waals surface area contributed by atoms with E-state index in [1.165, 1.54) is 19.2 Å². The number of anilines is 1. The summed E-state index contributed by atoms with van der Waals surface area (Å²) in [6.45, 7) is 5.26. The third kappa shape index (κ3) is 5.68. The van der Waals surface area contributed by atoms with E-state index in [1.807, 2.05) is 12.1 Å². The number of halogens is 1. The Morgan fingerprint density at radius 1 is 1.17 bits per heavy atom. The molecule has 0 saturated carbocycles. The smallest absolute Gasteiger partial charge is 0.337 e. The van der Waals surface area contributed by atoms with Gasteiger partial charge in [0.05, 0.1) is 12.7 Å². The van der Waals surface area contributed by atoms with Crippen LogP contribution in [0.4, 0.5) is 10.1 Å². The van der Waals surface area contributed by atoms with Crippen molar-refractivity contribution in [3.05, 3.63) is 59.9 Å². The third-order valence-corrected chi connectivity index (χ3v) is 5.12. The van der Waals surface area contributed by atoms with Crippen LogP contribution in [0.25, 0.3) is 0 Å². The van der Waals surface area contributed by atoms with Gasteiger partial charge in [0.2, 0.25) is 0 Å². The molecule has 6 nitrogen and oxygen atoms in total. The van der Waals surface area contributed by atoms with Crippen molar-refractivity contribution in [1.82, 2.24) is 4.90 Å². The average molecular weight is 402 g/mol. The number of aliphatic hydroxyl groups excluding tert-OH is 1. The van der Waals surface area contributed by atoms with Crippen molar-refractivity contribution in [2.45, 2.75) is 19.1 Å². The average Bonchev–Trinajstić information content (AvgIpc) is 2.74. The molecule has 1 aliphatic heterocycles. The topological polar surface area (TPSA) is 62.2 Å². The Bertz CT molecular complexity index is 797. The van der Waals surface area contributed by atoms with Crippen LogP contribution < -0.4 is 9.64 Å². The van der Waals surface area contributed by atoms with E-state index in [4.69, 9.17) is 9.47 Å². The number of ether oxygens (including phenoxy) is 2. The molecule has 0 spiro atoms. The highest BCUT2D eigenvalue weighted by molar-refractivity contribution is 5.89. The van der Waals surface area contributed by atoms with Gasteiger partial charge in [0.25, 0.3) is 0 Å². The summed E-state index contributed by atoms with van der Waals surface area (Å²) in [5, 5.41) is 10.3. The van der Waals surface area contributed by atoms with Crippen molar-refractivity contribution < 1.29 is 23.8 Å². The lowest BCUT2D eigenvalue weighted by Crippen LogP contribution is -2.54. The molecule has 2 aromatic carbocycles. The summed E-state index contributed by atoms with van der Waals surface area (Å²) in [4.78, 5) is 16.1. The van der Waals surface area contributed by atoms with E-state index in [-0.39, 0.29) is 24.4 Å². The lowest BCUT2D eigenvalue weighted by Gasteiger charge is -2.41. The number of methoxy groups -OCH3 is 1. The monoisotopic (exact) mass is 402 g/mol. The molecule has 0 bridgehead atoms. The van der Waals surface area contributed by atoms with E-state index in [1.54, 1.807) is 24.3 Å². The summed E-state index contributed by atoms with van der Waals surface area (Å²) in [6.07, 6.45) is -0.631. The minimum atomic E-state index is -0.631. The van der Waals surface area contributed by atoms with Crippen molar-refractivity contribution in [3.8, 4) is 5.75 Å². The van der Waals surface area contributed by atoms with Crippen molar-refractivity contribution in [2.75, 3.05) is 44.8 Å². The Morgan fingerprint density at radius 3 is 2.48 bits per heavy atom. The molecule has 29 heavy (non-hydrogen) atoms. The van der Waals surface area contributed by atoms with Gasteiger partial charge in [-0.1, -0.05) is 0 Å². The van der Waals surface area contributed by atoms with Crippen LogP contribution in [0, 0.1) is 5.82 Å². The Balaban J connectivity index is 1.48. The Kier molecular flexibility index (Phi) is 7.06. The first-order valence-electron chi connectivity index (χ1n) is 9.70. The summed E-state index contributed by atoms with van der Waals surface area (Å²) >= 11 is 0. The first kappa shape index (κ1) is 21.1. The number of carbonyl (C=O) groups is 1. The summed E-state index contributed by atoms with van der Waals surface area (Å²) < 4.78 is 23.2. The number of hydrogen-bond donors (Lipinski definition) is 1. The highest BCUT2D eigenvalue weighted by Crippen LogP contribution is 2.20. The molecular weight excluding hydrogens is 375 g/mol. The molecular formula is C22H27FN2O4. The number of rotatable bonds is 7. The van der Waals surface area contributed by atoms with Crippen LogP contribution in [0.5, 0.6) is 5.75 Å². The number of β-amino-alcohol motifs (C(OH)–C–C–N with tert-alkyl or cyclic N) is 1. The molecule has 0 aromatic heterocycles. The van der Waals surface area contributed by atoms with Crippen molar-refractivity contribution >= 4 is 11.7 Å². The molecule has 1 heterocycles. The number of hydrogen-bond acceptors (Lipinski definition) is 6. The fourth-order valence-electron chi connectivity index (χ4n) is 3.47. The normalized spacial score (nSPS) is 18.3. The van der Waals surface area contributed by atoms with Crippen molar-refractivity contribution in [2.24, 2.45) is 0 Å². The van der Waals surface area contributed by atoms with Gasteiger partial charge in [0, 0.05) is 37.9 Å². The minimum Gasteiger partial charge on any atom is -0.491 e. The van der Waals surface area contributed by atoms with Crippen LogP contribution in [0.3, 0.4) is 0 Å². The van der Waals surface area contributed by atoms with E-state index >= 15 is 0 Å². The Labute approximate surface area is 170 Å². The maximum Gasteiger partial charge on any atom is 0.337 e. The summed E-state index contributed by atoms with van der Waals surface area (Å²) in [5.74, 6) is -0.116. The van der Waals surface area contributed by atoms with Crippen LogP contribution in [0.1, 0.15) is 17.3 Å². The van der Waals surface area contributed by atoms with E-state index in [9.17, 15) is 14.3 Å². The highest BCUT2D eigenvalue weighted by Gasteiger charge is 2.25. The van der Waals surface area contributed by atoms with Crippen molar-refractivity contribution in [3.63, 3.8) is 0 Å². The zero-order valence-corrected chi connectivity index (χ0v) is 16.8. The summed E-state index contributed by atoms with van der Waals surface area (Å²) in [6, 6.07) is 13.4. The van der Waals surface area contributed by atoms with Crippen LogP contribution >= 0.6 is 0 Å². The van der Waals surface area contributed by atoms with E-state index in [2.05, 4.69) is 16.7 Å². The molecule has 2 atom stereocenters. The molecule has 2 unspecified atom stereocenters. The van der Waals surface area contributed by atoms with Gasteiger partial charge >= 0.3 is 5.97 Å². The van der Waals surface area contributed by atoms with E-state index in [0.29, 0.717) is 17.9 Å². The summed E-state index contributed by atoms with van der Waals surface area (Å²) in [5.41, 5.74) is 1.59. The predicted molar refractivity (Wildman–Crippen MR) is 109 cm³/mol. The molecule has 0 amide bonds. The van der Waals surface area contributed by atoms with Crippen LogP contribution in [0.2, 0.25) is 0 Å². The Hall–Kier alpha value is -2.64. The van der Waals surface area contributed by atoms with Crippen LogP contribution in [0.15, 0.2) is 48.5 Å².